The van der Waals surface area contributed by atoms with Crippen LogP contribution >= 0.6 is 11.6 Å². The molecule has 0 bridgehead atoms. The lowest BCUT2D eigenvalue weighted by molar-refractivity contribution is 0.351. The minimum absolute atomic E-state index is 0.0253. The van der Waals surface area contributed by atoms with E-state index in [2.05, 4.69) is 5.92 Å². The molecule has 1 atom stereocenters. The molecule has 0 aliphatic carbocycles. The highest BCUT2D eigenvalue weighted by Crippen LogP contribution is 2.33. The van der Waals surface area contributed by atoms with Crippen LogP contribution in [0.5, 0.6) is 11.8 Å². The zero-order valence-electron chi connectivity index (χ0n) is 9.55. The van der Waals surface area contributed by atoms with Gasteiger partial charge in [-0.1, -0.05) is 23.7 Å². The van der Waals surface area contributed by atoms with Gasteiger partial charge in [0.1, 0.15) is 0 Å². The fourth-order valence-corrected chi connectivity index (χ4v) is 2.03. The van der Waals surface area contributed by atoms with Crippen LogP contribution in [-0.4, -0.2) is 14.8 Å². The van der Waals surface area contributed by atoms with Crippen molar-refractivity contribution in [2.75, 3.05) is 0 Å². The summed E-state index contributed by atoms with van der Waals surface area (Å²) in [5, 5.41) is 20.1. The Morgan fingerprint density at radius 3 is 2.17 bits per heavy atom. The highest BCUT2D eigenvalue weighted by molar-refractivity contribution is 6.30. The molecular formula is C14H12ClNO2. The molecule has 1 aromatic heterocycles. The average molecular weight is 262 g/mol. The minimum Gasteiger partial charge on any atom is -0.494 e. The van der Waals surface area contributed by atoms with Gasteiger partial charge in [-0.2, -0.15) is 0 Å². The molecule has 1 unspecified atom stereocenters. The highest BCUT2D eigenvalue weighted by atomic mass is 35.5. The van der Waals surface area contributed by atoms with Crippen molar-refractivity contribution in [3.63, 3.8) is 0 Å². The summed E-state index contributed by atoms with van der Waals surface area (Å²) in [5.41, 5.74) is 0.874. The van der Waals surface area contributed by atoms with Gasteiger partial charge in [-0.05, 0) is 17.7 Å². The lowest BCUT2D eigenvalue weighted by Gasteiger charge is -2.19. The van der Waals surface area contributed by atoms with Crippen molar-refractivity contribution in [2.24, 2.45) is 0 Å². The van der Waals surface area contributed by atoms with Crippen molar-refractivity contribution in [1.82, 2.24) is 4.57 Å². The van der Waals surface area contributed by atoms with Gasteiger partial charge in [0.05, 0.1) is 6.04 Å². The maximum absolute atomic E-state index is 9.75. The molecule has 2 rings (SSSR count). The molecule has 4 heteroatoms. The second-order valence-corrected chi connectivity index (χ2v) is 4.33. The second kappa shape index (κ2) is 5.07. The Morgan fingerprint density at radius 2 is 1.67 bits per heavy atom. The number of benzene rings is 1. The normalized spacial score (nSPS) is 12.0. The number of rotatable bonds is 3. The Bertz CT molecular complexity index is 561. The molecule has 0 spiro atoms. The quantitative estimate of drug-likeness (QED) is 0.834. The van der Waals surface area contributed by atoms with Crippen molar-refractivity contribution in [3.05, 3.63) is 47.0 Å². The standard InChI is InChI=1S/C14H12ClNO2/c1-2-3-12(10-4-6-11(15)7-5-10)16-13(17)8-9-14(16)18/h1,4-9,12,17-18H,3H2. The first-order chi connectivity index (χ1) is 8.63. The van der Waals surface area contributed by atoms with Crippen molar-refractivity contribution in [2.45, 2.75) is 12.5 Å². The molecule has 3 nitrogen and oxygen atoms in total. The van der Waals surface area contributed by atoms with Crippen molar-refractivity contribution in [3.8, 4) is 24.1 Å². The third kappa shape index (κ3) is 2.29. The smallest absolute Gasteiger partial charge is 0.194 e. The zero-order valence-corrected chi connectivity index (χ0v) is 10.3. The Morgan fingerprint density at radius 1 is 1.11 bits per heavy atom. The summed E-state index contributed by atoms with van der Waals surface area (Å²) in [7, 11) is 0. The van der Waals surface area contributed by atoms with Gasteiger partial charge in [0.15, 0.2) is 11.8 Å². The van der Waals surface area contributed by atoms with Crippen molar-refractivity contribution < 1.29 is 10.2 Å². The van der Waals surface area contributed by atoms with Gasteiger partial charge in [-0.3, -0.25) is 4.57 Å². The SMILES string of the molecule is C#CCC(c1ccc(Cl)cc1)n1c(O)ccc1O. The van der Waals surface area contributed by atoms with E-state index in [1.807, 2.05) is 12.1 Å². The summed E-state index contributed by atoms with van der Waals surface area (Å²) in [6.45, 7) is 0. The van der Waals surface area contributed by atoms with Crippen molar-refractivity contribution >= 4 is 11.6 Å². The van der Waals surface area contributed by atoms with Gasteiger partial charge in [0.25, 0.3) is 0 Å². The van der Waals surface area contributed by atoms with E-state index in [4.69, 9.17) is 18.0 Å². The molecule has 2 N–H and O–H groups in total. The molecule has 0 aliphatic heterocycles. The number of hydrogen-bond acceptors (Lipinski definition) is 2. The Balaban J connectivity index is 2.47. The largest absolute Gasteiger partial charge is 0.494 e. The van der Waals surface area contributed by atoms with Crippen LogP contribution in [0.25, 0.3) is 0 Å². The summed E-state index contributed by atoms with van der Waals surface area (Å²) in [6.07, 6.45) is 5.71. The molecule has 1 aromatic carbocycles. The van der Waals surface area contributed by atoms with Crippen molar-refractivity contribution in [1.29, 1.82) is 0 Å². The Kier molecular flexibility index (Phi) is 3.50. The first-order valence-electron chi connectivity index (χ1n) is 5.41. The monoisotopic (exact) mass is 261 g/mol. The lowest BCUT2D eigenvalue weighted by atomic mass is 10.0. The fraction of sp³-hybridized carbons (Fsp3) is 0.143. The molecule has 2 aromatic rings. The maximum Gasteiger partial charge on any atom is 0.194 e. The third-order valence-corrected chi connectivity index (χ3v) is 3.00. The van der Waals surface area contributed by atoms with Crippen LogP contribution in [0.2, 0.25) is 5.02 Å². The van der Waals surface area contributed by atoms with Gasteiger partial charge < -0.3 is 10.2 Å². The number of aromatic nitrogens is 1. The van der Waals surface area contributed by atoms with Crippen LogP contribution in [0.4, 0.5) is 0 Å². The van der Waals surface area contributed by atoms with E-state index in [1.165, 1.54) is 16.7 Å². The van der Waals surface area contributed by atoms with E-state index in [0.29, 0.717) is 11.4 Å². The lowest BCUT2D eigenvalue weighted by Crippen LogP contribution is -2.09. The van der Waals surface area contributed by atoms with Crippen LogP contribution in [0.15, 0.2) is 36.4 Å². The summed E-state index contributed by atoms with van der Waals surface area (Å²) in [6, 6.07) is 9.67. The predicted octanol–water partition coefficient (Wildman–Crippen LogP) is 3.17. The van der Waals surface area contributed by atoms with Crippen LogP contribution in [0, 0.1) is 12.3 Å². The second-order valence-electron chi connectivity index (χ2n) is 3.90. The molecule has 0 fully saturated rings. The third-order valence-electron chi connectivity index (χ3n) is 2.75. The van der Waals surface area contributed by atoms with Crippen LogP contribution in [0.1, 0.15) is 18.0 Å². The molecular weight excluding hydrogens is 250 g/mol. The number of terminal acetylenes is 1. The fourth-order valence-electron chi connectivity index (χ4n) is 1.90. The zero-order chi connectivity index (χ0) is 13.1. The van der Waals surface area contributed by atoms with E-state index in [0.717, 1.165) is 5.56 Å². The number of hydrogen-bond donors (Lipinski definition) is 2. The Hall–Kier alpha value is -2.05. The van der Waals surface area contributed by atoms with E-state index < -0.39 is 0 Å². The predicted molar refractivity (Wildman–Crippen MR) is 70.8 cm³/mol. The molecule has 0 amide bonds. The summed E-state index contributed by atoms with van der Waals surface area (Å²) in [5.74, 6) is 2.50. The van der Waals surface area contributed by atoms with Gasteiger partial charge in [-0.25, -0.2) is 0 Å². The molecule has 0 saturated carbocycles. The Labute approximate surface area is 110 Å². The number of halogens is 1. The van der Waals surface area contributed by atoms with E-state index in [1.54, 1.807) is 12.1 Å². The van der Waals surface area contributed by atoms with Gasteiger partial charge in [0.2, 0.25) is 0 Å². The molecule has 18 heavy (non-hydrogen) atoms. The van der Waals surface area contributed by atoms with Gasteiger partial charge in [-0.15, -0.1) is 12.3 Å². The number of aromatic hydroxyl groups is 2. The maximum atomic E-state index is 9.75. The first-order valence-corrected chi connectivity index (χ1v) is 5.79. The summed E-state index contributed by atoms with van der Waals surface area (Å²) in [4.78, 5) is 0. The van der Waals surface area contributed by atoms with E-state index in [-0.39, 0.29) is 17.8 Å². The molecule has 0 aliphatic rings. The molecule has 1 heterocycles. The first kappa shape index (κ1) is 12.4. The van der Waals surface area contributed by atoms with E-state index >= 15 is 0 Å². The minimum atomic E-state index is -0.317. The summed E-state index contributed by atoms with van der Waals surface area (Å²) < 4.78 is 1.39. The van der Waals surface area contributed by atoms with Crippen LogP contribution < -0.4 is 0 Å². The molecule has 0 radical (unpaired) electrons. The van der Waals surface area contributed by atoms with Gasteiger partial charge in [0, 0.05) is 23.6 Å². The van der Waals surface area contributed by atoms with Crippen LogP contribution in [0.3, 0.4) is 0 Å². The number of nitrogens with zero attached hydrogens (tertiary/aromatic N) is 1. The topological polar surface area (TPSA) is 45.4 Å². The molecule has 92 valence electrons. The highest BCUT2D eigenvalue weighted by Gasteiger charge is 2.18. The average Bonchev–Trinajstić information content (AvgIpc) is 2.68. The summed E-state index contributed by atoms with van der Waals surface area (Å²) >= 11 is 5.83. The molecule has 0 saturated heterocycles. The van der Waals surface area contributed by atoms with Gasteiger partial charge >= 0.3 is 0 Å². The van der Waals surface area contributed by atoms with Crippen LogP contribution in [-0.2, 0) is 0 Å². The van der Waals surface area contributed by atoms with E-state index in [9.17, 15) is 10.2 Å².